The van der Waals surface area contributed by atoms with Crippen molar-refractivity contribution in [3.05, 3.63) is 34.3 Å². The summed E-state index contributed by atoms with van der Waals surface area (Å²) in [4.78, 5) is 18.1. The Labute approximate surface area is 198 Å². The molecule has 1 saturated carbocycles. The van der Waals surface area contributed by atoms with Gasteiger partial charge in [-0.3, -0.25) is 4.79 Å². The summed E-state index contributed by atoms with van der Waals surface area (Å²) >= 11 is 3.64. The number of rotatable bonds is 8. The molecule has 0 saturated heterocycles. The fraction of sp³-hybridized carbons (Fsp3) is 0.615. The van der Waals surface area contributed by atoms with Crippen LogP contribution in [0.15, 0.2) is 33.9 Å². The van der Waals surface area contributed by atoms with E-state index in [4.69, 9.17) is 4.84 Å². The van der Waals surface area contributed by atoms with Crippen molar-refractivity contribution in [2.75, 3.05) is 0 Å². The Morgan fingerprint density at radius 3 is 2.23 bits per heavy atom. The predicted molar refractivity (Wildman–Crippen MR) is 137 cm³/mol. The predicted octanol–water partition coefficient (Wildman–Crippen LogP) is 7.49. The highest BCUT2D eigenvalue weighted by atomic mass is 79.9. The van der Waals surface area contributed by atoms with Crippen LogP contribution in [0, 0.1) is 11.5 Å². The van der Waals surface area contributed by atoms with Crippen molar-refractivity contribution in [3.63, 3.8) is 0 Å². The normalized spacial score (nSPS) is 17.2. The van der Waals surface area contributed by atoms with Gasteiger partial charge in [0.15, 0.2) is 5.78 Å². The fourth-order valence-electron chi connectivity index (χ4n) is 4.90. The van der Waals surface area contributed by atoms with E-state index in [0.717, 1.165) is 23.7 Å². The van der Waals surface area contributed by atoms with E-state index >= 15 is 0 Å². The van der Waals surface area contributed by atoms with Crippen molar-refractivity contribution >= 4 is 35.5 Å². The van der Waals surface area contributed by atoms with Gasteiger partial charge in [-0.1, -0.05) is 80.8 Å². The topological polar surface area (TPSA) is 38.7 Å². The van der Waals surface area contributed by atoms with Gasteiger partial charge < -0.3 is 4.84 Å². The van der Waals surface area contributed by atoms with Crippen LogP contribution in [0.5, 0.6) is 0 Å². The summed E-state index contributed by atoms with van der Waals surface area (Å²) in [5.41, 5.74) is 7.35. The lowest BCUT2D eigenvalue weighted by atomic mass is 9.97. The number of ketones is 1. The minimum Gasteiger partial charge on any atom is -0.391 e. The van der Waals surface area contributed by atoms with Crippen molar-refractivity contribution in [3.8, 4) is 11.5 Å². The second kappa shape index (κ2) is 12.0. The summed E-state index contributed by atoms with van der Waals surface area (Å²) in [5.74, 6) is 3.65. The van der Waals surface area contributed by atoms with Crippen LogP contribution >= 0.6 is 15.9 Å². The Morgan fingerprint density at radius 1 is 1.03 bits per heavy atom. The number of halogens is 1. The minimum absolute atomic E-state index is 0.128. The quantitative estimate of drug-likeness (QED) is 0.209. The smallest absolute Gasteiger partial charge is 0.180 e. The molecule has 0 aromatic heterocycles. The van der Waals surface area contributed by atoms with Crippen molar-refractivity contribution in [2.45, 2.75) is 103 Å². The molecule has 1 aliphatic carbocycles. The molecule has 0 spiro atoms. The van der Waals surface area contributed by atoms with E-state index in [-0.39, 0.29) is 11.9 Å². The Kier molecular flexibility index (Phi) is 10.0. The van der Waals surface area contributed by atoms with Crippen LogP contribution in [0.3, 0.4) is 0 Å². The number of Topliss-reactive ketones (excluding diaryl/α,β-unsaturated/α-hetero) is 1. The van der Waals surface area contributed by atoms with Crippen LogP contribution in [0.1, 0.15) is 79.2 Å². The zero-order chi connectivity index (χ0) is 23.0. The van der Waals surface area contributed by atoms with E-state index in [9.17, 15) is 4.79 Å². The molecule has 1 aliphatic rings. The zero-order valence-corrected chi connectivity index (χ0v) is 22.6. The molecule has 31 heavy (non-hydrogen) atoms. The van der Waals surface area contributed by atoms with Crippen molar-refractivity contribution in [1.82, 2.24) is 0 Å². The minimum atomic E-state index is -1.78. The van der Waals surface area contributed by atoms with Crippen molar-refractivity contribution < 1.29 is 9.63 Å². The lowest BCUT2D eigenvalue weighted by Crippen LogP contribution is -2.43. The van der Waals surface area contributed by atoms with Gasteiger partial charge in [0.1, 0.15) is 19.9 Å². The second-order valence-corrected chi connectivity index (χ2v) is 16.0. The summed E-state index contributed by atoms with van der Waals surface area (Å²) in [6.45, 7) is 14.0. The lowest BCUT2D eigenvalue weighted by molar-refractivity contribution is -0.113. The van der Waals surface area contributed by atoms with Gasteiger partial charge in [0.05, 0.1) is 0 Å². The largest absolute Gasteiger partial charge is 0.391 e. The van der Waals surface area contributed by atoms with Gasteiger partial charge in [-0.25, -0.2) is 0 Å². The average Bonchev–Trinajstić information content (AvgIpc) is 2.70. The third kappa shape index (κ3) is 6.80. The summed E-state index contributed by atoms with van der Waals surface area (Å²) in [6, 6.07) is 8.19. The first-order valence-electron chi connectivity index (χ1n) is 11.7. The molecule has 170 valence electrons. The van der Waals surface area contributed by atoms with Gasteiger partial charge in [-0.05, 0) is 47.5 Å². The molecule has 0 bridgehead atoms. The number of hydrogen-bond donors (Lipinski definition) is 0. The highest BCUT2D eigenvalue weighted by Gasteiger charge is 2.41. The number of carbonyl (C=O) groups excluding carboxylic acids is 1. The molecule has 1 aromatic carbocycles. The molecule has 0 aliphatic heterocycles. The average molecular weight is 505 g/mol. The SMILES string of the molecule is CC(C)[Si](C#CCC(Cc1ccccc1Br)O/N=C1\CCCCC1=O)(C(C)C)C(C)C. The van der Waals surface area contributed by atoms with Gasteiger partial charge in [-0.2, -0.15) is 0 Å². The molecule has 0 heterocycles. The van der Waals surface area contributed by atoms with Crippen LogP contribution in [0.25, 0.3) is 0 Å². The van der Waals surface area contributed by atoms with E-state index in [1.807, 2.05) is 18.2 Å². The van der Waals surface area contributed by atoms with Gasteiger partial charge in [-0.15, -0.1) is 11.5 Å². The highest BCUT2D eigenvalue weighted by molar-refractivity contribution is 9.10. The molecule has 5 heteroatoms. The van der Waals surface area contributed by atoms with Gasteiger partial charge in [0, 0.05) is 23.7 Å². The summed E-state index contributed by atoms with van der Waals surface area (Å²) < 4.78 is 1.06. The Hall–Kier alpha value is -1.38. The van der Waals surface area contributed by atoms with Gasteiger partial charge in [0.2, 0.25) is 0 Å². The molecule has 0 amide bonds. The van der Waals surface area contributed by atoms with E-state index in [0.29, 0.717) is 41.6 Å². The fourth-order valence-corrected chi connectivity index (χ4v) is 10.6. The maximum atomic E-state index is 12.1. The van der Waals surface area contributed by atoms with E-state index < -0.39 is 8.07 Å². The molecule has 0 radical (unpaired) electrons. The van der Waals surface area contributed by atoms with Crippen molar-refractivity contribution in [1.29, 1.82) is 0 Å². The number of nitrogens with zero attached hydrogens (tertiary/aromatic N) is 1. The molecule has 1 aromatic rings. The van der Waals surface area contributed by atoms with Crippen LogP contribution in [0.4, 0.5) is 0 Å². The molecule has 0 N–H and O–H groups in total. The summed E-state index contributed by atoms with van der Waals surface area (Å²) in [7, 11) is -1.78. The van der Waals surface area contributed by atoms with Crippen LogP contribution in [-0.4, -0.2) is 25.7 Å². The Balaban J connectivity index is 2.26. The molecule has 2 rings (SSSR count). The first kappa shape index (κ1) is 25.9. The molecule has 1 fully saturated rings. The maximum absolute atomic E-state index is 12.1. The van der Waals surface area contributed by atoms with Gasteiger partial charge in [0.25, 0.3) is 0 Å². The van der Waals surface area contributed by atoms with Crippen molar-refractivity contribution in [2.24, 2.45) is 5.16 Å². The zero-order valence-electron chi connectivity index (χ0n) is 20.0. The molecular formula is C26H38BrNO2Si. The Bertz CT molecular complexity index is 814. The molecule has 1 atom stereocenters. The van der Waals surface area contributed by atoms with Crippen LogP contribution in [0.2, 0.25) is 16.6 Å². The Morgan fingerprint density at radius 2 is 1.65 bits per heavy atom. The first-order chi connectivity index (χ1) is 14.7. The highest BCUT2D eigenvalue weighted by Crippen LogP contribution is 2.40. The number of carbonyl (C=O) groups is 1. The van der Waals surface area contributed by atoms with E-state index in [1.165, 1.54) is 5.56 Å². The van der Waals surface area contributed by atoms with Crippen LogP contribution in [-0.2, 0) is 16.1 Å². The third-order valence-corrected chi connectivity index (χ3v) is 13.7. The summed E-state index contributed by atoms with van der Waals surface area (Å²) in [6.07, 6.45) is 4.42. The number of oxime groups is 1. The molecule has 3 nitrogen and oxygen atoms in total. The van der Waals surface area contributed by atoms with Crippen LogP contribution < -0.4 is 0 Å². The second-order valence-electron chi connectivity index (χ2n) is 9.59. The first-order valence-corrected chi connectivity index (χ1v) is 14.7. The molecular weight excluding hydrogens is 466 g/mol. The summed E-state index contributed by atoms with van der Waals surface area (Å²) in [5, 5.41) is 4.31. The number of hydrogen-bond acceptors (Lipinski definition) is 3. The lowest BCUT2D eigenvalue weighted by Gasteiger charge is -2.38. The maximum Gasteiger partial charge on any atom is 0.180 e. The standard InChI is InChI=1S/C26H38BrNO2Si/c1-19(2)31(20(3)4,21(5)6)17-11-13-23(18-22-12-7-8-14-24(22)27)30-28-25-15-9-10-16-26(25)29/h7-8,12,14,19-21,23H,9-10,13,15-16,18H2,1-6H3/b28-25+. The molecule has 1 unspecified atom stereocenters. The van der Waals surface area contributed by atoms with E-state index in [2.05, 4.69) is 80.2 Å². The monoisotopic (exact) mass is 503 g/mol. The van der Waals surface area contributed by atoms with E-state index in [1.54, 1.807) is 0 Å². The number of benzene rings is 1. The van der Waals surface area contributed by atoms with Gasteiger partial charge >= 0.3 is 0 Å². The third-order valence-electron chi connectivity index (χ3n) is 6.61.